The van der Waals surface area contributed by atoms with Gasteiger partial charge in [0.1, 0.15) is 0 Å². The van der Waals surface area contributed by atoms with Crippen molar-refractivity contribution in [3.05, 3.63) is 12.2 Å². The Kier molecular flexibility index (Phi) is 4.03. The molecule has 2 fully saturated rings. The third-order valence-corrected chi connectivity index (χ3v) is 10.8. The van der Waals surface area contributed by atoms with Gasteiger partial charge < -0.3 is 9.53 Å². The monoisotopic (exact) mass is 296 g/mol. The Balaban J connectivity index is 2.18. The molecule has 2 nitrogen and oxygen atoms in total. The molecule has 2 rings (SSSR count). The van der Waals surface area contributed by atoms with Crippen molar-refractivity contribution in [3.63, 3.8) is 0 Å². The van der Waals surface area contributed by atoms with Crippen molar-refractivity contribution in [2.24, 2.45) is 11.3 Å². The van der Waals surface area contributed by atoms with Crippen LogP contribution < -0.4 is 0 Å². The van der Waals surface area contributed by atoms with Gasteiger partial charge in [-0.2, -0.15) is 0 Å². The summed E-state index contributed by atoms with van der Waals surface area (Å²) in [6, 6.07) is 0. The second-order valence-electron chi connectivity index (χ2n) is 8.63. The van der Waals surface area contributed by atoms with Crippen molar-refractivity contribution in [1.29, 1.82) is 0 Å². The average Bonchev–Trinajstić information content (AvgIpc) is 2.61. The molecule has 0 spiro atoms. The van der Waals surface area contributed by atoms with Crippen LogP contribution in [-0.2, 0) is 4.43 Å². The number of hydrogen-bond donors (Lipinski definition) is 1. The molecule has 2 aliphatic carbocycles. The van der Waals surface area contributed by atoms with Gasteiger partial charge in [-0.05, 0) is 60.7 Å². The highest BCUT2D eigenvalue weighted by atomic mass is 28.4. The first-order chi connectivity index (χ1) is 8.99. The normalized spacial score (nSPS) is 39.0. The van der Waals surface area contributed by atoms with Crippen molar-refractivity contribution in [3.8, 4) is 0 Å². The van der Waals surface area contributed by atoms with Gasteiger partial charge in [0.15, 0.2) is 8.32 Å². The van der Waals surface area contributed by atoms with Crippen molar-refractivity contribution in [1.82, 2.24) is 0 Å². The summed E-state index contributed by atoms with van der Waals surface area (Å²) in [6.45, 7) is 18.1. The van der Waals surface area contributed by atoms with Crippen LogP contribution in [-0.4, -0.2) is 25.6 Å². The lowest BCUT2D eigenvalue weighted by Gasteiger charge is -2.47. The van der Waals surface area contributed by atoms with Gasteiger partial charge in [0, 0.05) is 0 Å². The van der Waals surface area contributed by atoms with Gasteiger partial charge in [-0.3, -0.25) is 0 Å². The molecule has 0 amide bonds. The first-order valence-corrected chi connectivity index (χ1v) is 10.9. The van der Waals surface area contributed by atoms with Crippen molar-refractivity contribution < 1.29 is 9.53 Å². The van der Waals surface area contributed by atoms with E-state index in [9.17, 15) is 5.11 Å². The Hall–Kier alpha value is -0.123. The first-order valence-electron chi connectivity index (χ1n) is 8.03. The van der Waals surface area contributed by atoms with Crippen LogP contribution in [0.3, 0.4) is 0 Å². The summed E-state index contributed by atoms with van der Waals surface area (Å²) >= 11 is 0. The van der Waals surface area contributed by atoms with E-state index in [1.165, 1.54) is 0 Å². The smallest absolute Gasteiger partial charge is 0.192 e. The van der Waals surface area contributed by atoms with Crippen LogP contribution in [0.1, 0.15) is 53.4 Å². The van der Waals surface area contributed by atoms with Crippen LogP contribution in [0.2, 0.25) is 18.1 Å². The lowest BCUT2D eigenvalue weighted by molar-refractivity contribution is 0.0123. The van der Waals surface area contributed by atoms with Crippen LogP contribution in [0.5, 0.6) is 0 Å². The Morgan fingerprint density at radius 1 is 1.25 bits per heavy atom. The molecule has 3 heteroatoms. The van der Waals surface area contributed by atoms with E-state index in [4.69, 9.17) is 4.43 Å². The number of rotatable bonds is 2. The fourth-order valence-electron chi connectivity index (χ4n) is 3.74. The molecule has 0 bridgehead atoms. The Bertz CT molecular complexity index is 396. The van der Waals surface area contributed by atoms with Gasteiger partial charge in [-0.1, -0.05) is 34.3 Å². The summed E-state index contributed by atoms with van der Waals surface area (Å²) in [5.41, 5.74) is 1.24. The summed E-state index contributed by atoms with van der Waals surface area (Å²) in [4.78, 5) is 0. The molecule has 0 aromatic heterocycles. The van der Waals surface area contributed by atoms with Gasteiger partial charge in [0.05, 0.1) is 12.2 Å². The van der Waals surface area contributed by atoms with Gasteiger partial charge in [-0.15, -0.1) is 0 Å². The Labute approximate surface area is 125 Å². The van der Waals surface area contributed by atoms with Crippen LogP contribution in [0, 0.1) is 11.3 Å². The molecule has 0 aromatic carbocycles. The van der Waals surface area contributed by atoms with E-state index in [0.29, 0.717) is 12.0 Å². The highest BCUT2D eigenvalue weighted by Crippen LogP contribution is 2.56. The van der Waals surface area contributed by atoms with Crippen LogP contribution >= 0.6 is 0 Å². The van der Waals surface area contributed by atoms with Crippen molar-refractivity contribution in [2.45, 2.75) is 83.7 Å². The van der Waals surface area contributed by atoms with E-state index in [0.717, 1.165) is 31.3 Å². The summed E-state index contributed by atoms with van der Waals surface area (Å²) in [6.07, 6.45) is 4.23. The van der Waals surface area contributed by atoms with Crippen LogP contribution in [0.15, 0.2) is 12.2 Å². The summed E-state index contributed by atoms with van der Waals surface area (Å²) in [5, 5.41) is 10.3. The summed E-state index contributed by atoms with van der Waals surface area (Å²) in [5.74, 6) is 0.445. The molecule has 2 aliphatic rings. The molecule has 0 heterocycles. The minimum atomic E-state index is -1.72. The van der Waals surface area contributed by atoms with Crippen molar-refractivity contribution in [2.75, 3.05) is 0 Å². The lowest BCUT2D eigenvalue weighted by Crippen LogP contribution is -2.49. The quantitative estimate of drug-likeness (QED) is 0.600. The van der Waals surface area contributed by atoms with E-state index in [-0.39, 0.29) is 16.6 Å². The number of fused-ring (bicyclic) bond motifs is 1. The highest BCUT2D eigenvalue weighted by molar-refractivity contribution is 6.74. The molecule has 0 unspecified atom stereocenters. The molecule has 0 saturated heterocycles. The van der Waals surface area contributed by atoms with Gasteiger partial charge in [0.2, 0.25) is 0 Å². The summed E-state index contributed by atoms with van der Waals surface area (Å²) < 4.78 is 6.74. The lowest BCUT2D eigenvalue weighted by atomic mass is 9.66. The Morgan fingerprint density at radius 2 is 1.85 bits per heavy atom. The number of aliphatic hydroxyl groups is 1. The second-order valence-corrected chi connectivity index (χ2v) is 13.4. The van der Waals surface area contributed by atoms with Gasteiger partial charge in [0.25, 0.3) is 0 Å². The topological polar surface area (TPSA) is 29.5 Å². The molecule has 116 valence electrons. The maximum Gasteiger partial charge on any atom is 0.192 e. The summed E-state index contributed by atoms with van der Waals surface area (Å²) in [7, 11) is -1.72. The highest BCUT2D eigenvalue weighted by Gasteiger charge is 2.53. The minimum Gasteiger partial charge on any atom is -0.413 e. The molecule has 0 aromatic rings. The predicted octanol–water partition coefficient (Wildman–Crippen LogP) is 4.50. The first kappa shape index (κ1) is 16.3. The SMILES string of the molecule is C=C1[C@H](O)CC[C@]2(C)[C@@H]1CC[C@H]2O[Si](C)(C)C(C)(C)C. The number of aliphatic hydroxyl groups excluding tert-OH is 1. The molecule has 1 N–H and O–H groups in total. The average molecular weight is 297 g/mol. The molecular formula is C17H32O2Si. The molecule has 4 atom stereocenters. The third kappa shape index (κ3) is 2.53. The predicted molar refractivity (Wildman–Crippen MR) is 87.3 cm³/mol. The fourth-order valence-corrected chi connectivity index (χ4v) is 5.19. The van der Waals surface area contributed by atoms with E-state index in [1.807, 2.05) is 0 Å². The van der Waals surface area contributed by atoms with Gasteiger partial charge >= 0.3 is 0 Å². The van der Waals surface area contributed by atoms with E-state index >= 15 is 0 Å². The zero-order chi connectivity index (χ0) is 15.3. The second kappa shape index (κ2) is 4.96. The zero-order valence-corrected chi connectivity index (χ0v) is 15.1. The van der Waals surface area contributed by atoms with Gasteiger partial charge in [-0.25, -0.2) is 0 Å². The third-order valence-electron chi connectivity index (χ3n) is 6.32. The maximum atomic E-state index is 10.1. The molecule has 20 heavy (non-hydrogen) atoms. The largest absolute Gasteiger partial charge is 0.413 e. The molecule has 0 radical (unpaired) electrons. The number of hydrogen-bond acceptors (Lipinski definition) is 2. The molecular weight excluding hydrogens is 264 g/mol. The van der Waals surface area contributed by atoms with E-state index in [1.54, 1.807) is 0 Å². The zero-order valence-electron chi connectivity index (χ0n) is 14.1. The van der Waals surface area contributed by atoms with E-state index < -0.39 is 8.32 Å². The standard InChI is InChI=1S/C17H32O2Si/c1-12-13-8-9-15(17(13,5)11-10-14(12)18)19-20(6,7)16(2,3)4/h13-15,18H,1,8-11H2,2-7H3/t13-,14-,15-,17-/m1/s1. The van der Waals surface area contributed by atoms with Crippen molar-refractivity contribution >= 4 is 8.32 Å². The van der Waals surface area contributed by atoms with Crippen LogP contribution in [0.4, 0.5) is 0 Å². The minimum absolute atomic E-state index is 0.186. The maximum absolute atomic E-state index is 10.1. The molecule has 0 aliphatic heterocycles. The Morgan fingerprint density at radius 3 is 2.40 bits per heavy atom. The molecule has 2 saturated carbocycles. The van der Waals surface area contributed by atoms with Crippen LogP contribution in [0.25, 0.3) is 0 Å². The van der Waals surface area contributed by atoms with E-state index in [2.05, 4.69) is 47.4 Å². The fraction of sp³-hybridized carbons (Fsp3) is 0.882.